The van der Waals surface area contributed by atoms with Gasteiger partial charge in [0.25, 0.3) is 0 Å². The highest BCUT2D eigenvalue weighted by Gasteiger charge is 2.04. The number of amides is 1. The first-order valence-corrected chi connectivity index (χ1v) is 5.97. The van der Waals surface area contributed by atoms with Gasteiger partial charge in [-0.3, -0.25) is 4.79 Å². The maximum Gasteiger partial charge on any atom is 0.244 e. The second kappa shape index (κ2) is 6.10. The van der Waals surface area contributed by atoms with Gasteiger partial charge in [-0.25, -0.2) is 15.0 Å². The molecule has 6 nitrogen and oxygen atoms in total. The minimum absolute atomic E-state index is 0.0728. The molecule has 0 aliphatic heterocycles. The Morgan fingerprint density at radius 1 is 1.32 bits per heavy atom. The van der Waals surface area contributed by atoms with Crippen molar-refractivity contribution >= 4 is 29.1 Å². The maximum atomic E-state index is 11.7. The molecule has 0 saturated heterocycles. The minimum Gasteiger partial charge on any atom is -0.361 e. The standard InChI is InChI=1S/C12H12ClN5O/c1-8-16-9(13)6-11(17-8)15-7-12(19)18-10-4-2-3-5-14-10/h2-6H,7H2,1H3,(H,14,18,19)(H,15,16,17). The number of hydrogen-bond donors (Lipinski definition) is 2. The minimum atomic E-state index is -0.217. The third-order valence-electron chi connectivity index (χ3n) is 2.17. The average molecular weight is 278 g/mol. The monoisotopic (exact) mass is 277 g/mol. The van der Waals surface area contributed by atoms with Gasteiger partial charge in [0.15, 0.2) is 0 Å². The summed E-state index contributed by atoms with van der Waals surface area (Å²) in [5.74, 6) is 1.34. The molecule has 98 valence electrons. The molecule has 0 aromatic carbocycles. The van der Waals surface area contributed by atoms with Crippen molar-refractivity contribution in [3.05, 3.63) is 41.4 Å². The fourth-order valence-electron chi connectivity index (χ4n) is 1.42. The van der Waals surface area contributed by atoms with Crippen LogP contribution in [0.15, 0.2) is 30.5 Å². The molecule has 0 atom stereocenters. The smallest absolute Gasteiger partial charge is 0.244 e. The highest BCUT2D eigenvalue weighted by molar-refractivity contribution is 6.29. The molecule has 1 amide bonds. The number of anilines is 2. The van der Waals surface area contributed by atoms with E-state index < -0.39 is 0 Å². The second-order valence-corrected chi connectivity index (χ2v) is 4.13. The summed E-state index contributed by atoms with van der Waals surface area (Å²) in [6, 6.07) is 6.84. The third-order valence-corrected chi connectivity index (χ3v) is 2.36. The Hall–Kier alpha value is -2.21. The third kappa shape index (κ3) is 4.18. The molecule has 2 aromatic heterocycles. The van der Waals surface area contributed by atoms with Crippen LogP contribution in [0.25, 0.3) is 0 Å². The number of halogens is 1. The summed E-state index contributed by atoms with van der Waals surface area (Å²) >= 11 is 5.79. The van der Waals surface area contributed by atoms with Crippen molar-refractivity contribution in [3.63, 3.8) is 0 Å². The van der Waals surface area contributed by atoms with Crippen LogP contribution in [-0.2, 0) is 4.79 Å². The molecule has 0 fully saturated rings. The van der Waals surface area contributed by atoms with Gasteiger partial charge in [-0.1, -0.05) is 17.7 Å². The molecule has 0 spiro atoms. The molecule has 2 rings (SSSR count). The first kappa shape index (κ1) is 13.2. The van der Waals surface area contributed by atoms with Crippen LogP contribution in [0.2, 0.25) is 5.15 Å². The van der Waals surface area contributed by atoms with E-state index in [2.05, 4.69) is 25.6 Å². The molecule has 19 heavy (non-hydrogen) atoms. The molecule has 7 heteroatoms. The molecule has 2 N–H and O–H groups in total. The van der Waals surface area contributed by atoms with Gasteiger partial charge in [0.2, 0.25) is 5.91 Å². The van der Waals surface area contributed by atoms with Gasteiger partial charge >= 0.3 is 0 Å². The summed E-state index contributed by atoms with van der Waals surface area (Å²) in [7, 11) is 0. The normalized spacial score (nSPS) is 10.0. The fourth-order valence-corrected chi connectivity index (χ4v) is 1.64. The van der Waals surface area contributed by atoms with Crippen molar-refractivity contribution < 1.29 is 4.79 Å². The zero-order valence-electron chi connectivity index (χ0n) is 10.2. The molecule has 0 radical (unpaired) electrons. The van der Waals surface area contributed by atoms with E-state index in [0.717, 1.165) is 0 Å². The van der Waals surface area contributed by atoms with Crippen molar-refractivity contribution in [1.29, 1.82) is 0 Å². The zero-order chi connectivity index (χ0) is 13.7. The number of pyridine rings is 1. The van der Waals surface area contributed by atoms with E-state index in [9.17, 15) is 4.79 Å². The van der Waals surface area contributed by atoms with E-state index in [4.69, 9.17) is 11.6 Å². The Bertz CT molecular complexity index is 555. The quantitative estimate of drug-likeness (QED) is 0.834. The lowest BCUT2D eigenvalue weighted by atomic mass is 10.4. The number of aryl methyl sites for hydroxylation is 1. The van der Waals surface area contributed by atoms with Crippen molar-refractivity contribution in [2.45, 2.75) is 6.92 Å². The van der Waals surface area contributed by atoms with Gasteiger partial charge in [0.05, 0.1) is 6.54 Å². The van der Waals surface area contributed by atoms with Crippen LogP contribution in [0, 0.1) is 6.92 Å². The molecule has 2 aromatic rings. The van der Waals surface area contributed by atoms with E-state index in [0.29, 0.717) is 22.6 Å². The van der Waals surface area contributed by atoms with Crippen LogP contribution in [0.5, 0.6) is 0 Å². The Kier molecular flexibility index (Phi) is 4.25. The van der Waals surface area contributed by atoms with E-state index in [1.165, 1.54) is 0 Å². The Labute approximate surface area is 115 Å². The lowest BCUT2D eigenvalue weighted by Gasteiger charge is -2.07. The highest BCUT2D eigenvalue weighted by Crippen LogP contribution is 2.10. The van der Waals surface area contributed by atoms with Gasteiger partial charge in [-0.15, -0.1) is 0 Å². The predicted molar refractivity (Wildman–Crippen MR) is 73.1 cm³/mol. The second-order valence-electron chi connectivity index (χ2n) is 3.74. The maximum absolute atomic E-state index is 11.7. The number of nitrogens with zero attached hydrogens (tertiary/aromatic N) is 3. The highest BCUT2D eigenvalue weighted by atomic mass is 35.5. The van der Waals surface area contributed by atoms with Crippen molar-refractivity contribution in [2.75, 3.05) is 17.2 Å². The molecule has 0 aliphatic rings. The number of rotatable bonds is 4. The number of hydrogen-bond acceptors (Lipinski definition) is 5. The Morgan fingerprint density at radius 2 is 2.16 bits per heavy atom. The molecule has 0 aliphatic carbocycles. The van der Waals surface area contributed by atoms with E-state index in [-0.39, 0.29) is 12.5 Å². The van der Waals surface area contributed by atoms with Gasteiger partial charge in [0.1, 0.15) is 22.6 Å². The number of carbonyl (C=O) groups excluding carboxylic acids is 1. The first-order chi connectivity index (χ1) is 9.13. The molecule has 0 unspecified atom stereocenters. The predicted octanol–water partition coefficient (Wildman–Crippen LogP) is 1.88. The summed E-state index contributed by atoms with van der Waals surface area (Å²) in [5, 5.41) is 5.86. The fraction of sp³-hybridized carbons (Fsp3) is 0.167. The SMILES string of the molecule is Cc1nc(Cl)cc(NCC(=O)Nc2ccccn2)n1. The van der Waals surface area contributed by atoms with E-state index >= 15 is 0 Å². The Morgan fingerprint density at radius 3 is 2.84 bits per heavy atom. The van der Waals surface area contributed by atoms with E-state index in [1.807, 2.05) is 0 Å². The van der Waals surface area contributed by atoms with Gasteiger partial charge in [-0.2, -0.15) is 0 Å². The summed E-state index contributed by atoms with van der Waals surface area (Å²) in [6.07, 6.45) is 1.61. The van der Waals surface area contributed by atoms with Crippen LogP contribution in [0.3, 0.4) is 0 Å². The lowest BCUT2D eigenvalue weighted by Crippen LogP contribution is -2.22. The van der Waals surface area contributed by atoms with Crippen LogP contribution >= 0.6 is 11.6 Å². The van der Waals surface area contributed by atoms with Gasteiger partial charge in [0, 0.05) is 12.3 Å². The lowest BCUT2D eigenvalue weighted by molar-refractivity contribution is -0.114. The van der Waals surface area contributed by atoms with Crippen molar-refractivity contribution in [3.8, 4) is 0 Å². The van der Waals surface area contributed by atoms with Crippen molar-refractivity contribution in [2.24, 2.45) is 0 Å². The Balaban J connectivity index is 1.90. The van der Waals surface area contributed by atoms with Crippen LogP contribution in [0.4, 0.5) is 11.6 Å². The number of nitrogens with one attached hydrogen (secondary N) is 2. The first-order valence-electron chi connectivity index (χ1n) is 5.59. The van der Waals surface area contributed by atoms with Crippen LogP contribution < -0.4 is 10.6 Å². The van der Waals surface area contributed by atoms with Crippen LogP contribution in [-0.4, -0.2) is 27.4 Å². The van der Waals surface area contributed by atoms with Gasteiger partial charge < -0.3 is 10.6 Å². The average Bonchev–Trinajstić information content (AvgIpc) is 2.36. The summed E-state index contributed by atoms with van der Waals surface area (Å²) in [6.45, 7) is 1.80. The number of carbonyl (C=O) groups is 1. The zero-order valence-corrected chi connectivity index (χ0v) is 11.0. The molecule has 0 bridgehead atoms. The summed E-state index contributed by atoms with van der Waals surface area (Å²) < 4.78 is 0. The molecule has 0 saturated carbocycles. The summed E-state index contributed by atoms with van der Waals surface area (Å²) in [5.41, 5.74) is 0. The molecular weight excluding hydrogens is 266 g/mol. The number of aromatic nitrogens is 3. The molecule has 2 heterocycles. The molecular formula is C12H12ClN5O. The van der Waals surface area contributed by atoms with Gasteiger partial charge in [-0.05, 0) is 19.1 Å². The topological polar surface area (TPSA) is 79.8 Å². The largest absolute Gasteiger partial charge is 0.361 e. The van der Waals surface area contributed by atoms with Crippen molar-refractivity contribution in [1.82, 2.24) is 15.0 Å². The van der Waals surface area contributed by atoms with Crippen LogP contribution in [0.1, 0.15) is 5.82 Å². The van der Waals surface area contributed by atoms with E-state index in [1.54, 1.807) is 37.4 Å². The summed E-state index contributed by atoms with van der Waals surface area (Å²) in [4.78, 5) is 23.7.